The summed E-state index contributed by atoms with van der Waals surface area (Å²) in [6.45, 7) is 41.3. The number of rotatable bonds is 12. The molecule has 0 unspecified atom stereocenters. The molecule has 2 aromatic carbocycles. The summed E-state index contributed by atoms with van der Waals surface area (Å²) in [4.78, 5) is 26.9. The Morgan fingerprint density at radius 3 is 1.58 bits per heavy atom. The maximum absolute atomic E-state index is 11.4. The van der Waals surface area contributed by atoms with Crippen LogP contribution in [0.2, 0.25) is 0 Å². The van der Waals surface area contributed by atoms with E-state index in [1.54, 1.807) is 7.11 Å². The van der Waals surface area contributed by atoms with E-state index in [0.717, 1.165) is 43.6 Å². The number of hydrogen-bond donors (Lipinski definition) is 1. The second-order valence-corrected chi connectivity index (χ2v) is 15.6. The number of amides is 1. The van der Waals surface area contributed by atoms with Crippen molar-refractivity contribution in [2.24, 2.45) is 40.0 Å². The topological polar surface area (TPSA) is 67.8 Å². The first kappa shape index (κ1) is 57.5. The van der Waals surface area contributed by atoms with Crippen LogP contribution in [0.4, 0.5) is 5.69 Å². The standard InChI is InChI=1S/C11H21NO2.C11H13N.C9H12.C8H16.C6H14O.C2H6.V/c1-7(2)11(5,6)10(8(3)13)12-9(4)14;1-8(2)11-7-9-5-3-4-6-10(9)12-11;1-8(2)9-6-4-3-5-7-9;1-5-8(6-2)7(3)4;1-6(2)4-5-7-3;1-2;/h7,10H,1-6H3,(H,12,14);3-6,8H,7H2,1-2H3;3-8H,1-2H3;7-8H,1-2,5-6H2,3-4H3;6H,4-5H2,1-3H3;1-2H3;/q;;;-2;;;+2/t10-;;;;;;/m0....../s1. The number of ketones is 1. The van der Waals surface area contributed by atoms with Crippen molar-refractivity contribution in [2.75, 3.05) is 13.7 Å². The van der Waals surface area contributed by atoms with Crippen LogP contribution >= 0.6 is 0 Å². The van der Waals surface area contributed by atoms with Gasteiger partial charge in [-0.15, -0.1) is 0 Å². The summed E-state index contributed by atoms with van der Waals surface area (Å²) in [5.41, 5.74) is 5.06. The predicted molar refractivity (Wildman–Crippen MR) is 230 cm³/mol. The Hall–Kier alpha value is -2.21. The summed E-state index contributed by atoms with van der Waals surface area (Å²) >= 11 is 0. The number of aliphatic imine (C=N–C) groups is 1. The summed E-state index contributed by atoms with van der Waals surface area (Å²) in [5, 5.41) is 2.71. The number of nitrogens with one attached hydrogen (secondary N) is 1. The Morgan fingerprint density at radius 1 is 0.811 bits per heavy atom. The second-order valence-electron chi connectivity index (χ2n) is 15.6. The molecule has 1 N–H and O–H groups in total. The van der Waals surface area contributed by atoms with Crippen LogP contribution in [0.5, 0.6) is 0 Å². The first-order valence-corrected chi connectivity index (χ1v) is 19.8. The maximum Gasteiger partial charge on any atom is 2.00 e. The average Bonchev–Trinajstić information content (AvgIpc) is 3.54. The molecule has 1 radical (unpaired) electrons. The molecule has 0 saturated carbocycles. The summed E-state index contributed by atoms with van der Waals surface area (Å²) in [5.74, 6) is 3.70. The van der Waals surface area contributed by atoms with Crippen molar-refractivity contribution in [3.05, 3.63) is 79.6 Å². The van der Waals surface area contributed by atoms with Crippen molar-refractivity contribution in [3.63, 3.8) is 0 Å². The molecule has 0 saturated heterocycles. The molecule has 0 spiro atoms. The number of carbonyl (C=O) groups is 2. The van der Waals surface area contributed by atoms with Crippen LogP contribution in [-0.4, -0.2) is 37.2 Å². The molecule has 1 heterocycles. The van der Waals surface area contributed by atoms with E-state index in [1.807, 2.05) is 39.8 Å². The third-order valence-electron chi connectivity index (χ3n) is 9.33. The van der Waals surface area contributed by atoms with Gasteiger partial charge in [0.15, 0.2) is 5.78 Å². The Balaban J connectivity index is -0.000000284. The third-order valence-corrected chi connectivity index (χ3v) is 9.33. The van der Waals surface area contributed by atoms with Gasteiger partial charge in [0.05, 0.1) is 11.7 Å². The third kappa shape index (κ3) is 27.1. The Morgan fingerprint density at radius 2 is 1.30 bits per heavy atom. The van der Waals surface area contributed by atoms with E-state index in [4.69, 9.17) is 4.74 Å². The fourth-order valence-electron chi connectivity index (χ4n) is 4.84. The number of fused-ring (bicyclic) bond motifs is 1. The largest absolute Gasteiger partial charge is 2.00 e. The van der Waals surface area contributed by atoms with Crippen LogP contribution in [0.3, 0.4) is 0 Å². The molecule has 53 heavy (non-hydrogen) atoms. The molecular weight excluding hydrogens is 691 g/mol. The zero-order valence-electron chi connectivity index (χ0n) is 37.3. The number of methoxy groups -OCH3 is 1. The van der Waals surface area contributed by atoms with Gasteiger partial charge in [-0.2, -0.15) is 12.8 Å². The van der Waals surface area contributed by atoms with E-state index in [9.17, 15) is 9.59 Å². The molecule has 2 aromatic rings. The SMILES string of the molecule is CC.CC(=O)N[C@@H](C(C)=O)C(C)(C)C(C)C.CC(C)C1=Nc2ccccc2C1.CC(C)c1ccccc1.COCCC(C)C.[CH2-]CC(C[CH2-])C(C)C.[V+2]. The molecular formula is C47H82N2O3V. The molecule has 303 valence electrons. The van der Waals surface area contributed by atoms with Gasteiger partial charge >= 0.3 is 18.6 Å². The van der Waals surface area contributed by atoms with Crippen molar-refractivity contribution in [3.8, 4) is 0 Å². The van der Waals surface area contributed by atoms with E-state index >= 15 is 0 Å². The van der Waals surface area contributed by atoms with Gasteiger partial charge in [-0.25, -0.2) is 0 Å². The first-order valence-electron chi connectivity index (χ1n) is 19.8. The average molecular weight is 774 g/mol. The number of nitrogens with zero attached hydrogens (tertiary/aromatic N) is 1. The Labute approximate surface area is 341 Å². The quantitative estimate of drug-likeness (QED) is 0.218. The van der Waals surface area contributed by atoms with E-state index in [0.29, 0.717) is 17.8 Å². The summed E-state index contributed by atoms with van der Waals surface area (Å²) in [7, 11) is 1.74. The minimum absolute atomic E-state index is 0. The monoisotopic (exact) mass is 774 g/mol. The normalized spacial score (nSPS) is 11.9. The van der Waals surface area contributed by atoms with Gasteiger partial charge in [-0.1, -0.05) is 151 Å². The van der Waals surface area contributed by atoms with Crippen molar-refractivity contribution in [1.29, 1.82) is 0 Å². The zero-order chi connectivity index (χ0) is 41.0. The van der Waals surface area contributed by atoms with E-state index < -0.39 is 0 Å². The predicted octanol–water partition coefficient (Wildman–Crippen LogP) is 13.0. The fraction of sp³-hybridized carbons (Fsp3) is 0.638. The fourth-order valence-corrected chi connectivity index (χ4v) is 4.84. The van der Waals surface area contributed by atoms with Crippen LogP contribution in [0.15, 0.2) is 59.6 Å². The van der Waals surface area contributed by atoms with Gasteiger partial charge in [-0.05, 0) is 65.5 Å². The zero-order valence-corrected chi connectivity index (χ0v) is 38.7. The molecule has 3 rings (SSSR count). The number of hydrogen-bond acceptors (Lipinski definition) is 4. The van der Waals surface area contributed by atoms with E-state index in [2.05, 4.69) is 136 Å². The van der Waals surface area contributed by atoms with E-state index in [-0.39, 0.29) is 41.7 Å². The van der Waals surface area contributed by atoms with Gasteiger partial charge in [-0.3, -0.25) is 14.6 Å². The Kier molecular flexibility index (Phi) is 36.0. The first-order chi connectivity index (χ1) is 24.3. The number of Topliss-reactive ketones (excluding diaryl/α,β-unsaturated/α-hetero) is 1. The summed E-state index contributed by atoms with van der Waals surface area (Å²) in [6.07, 6.45) is 4.28. The van der Waals surface area contributed by atoms with Crippen LogP contribution in [0, 0.1) is 48.9 Å². The molecule has 0 bridgehead atoms. The van der Waals surface area contributed by atoms with Crippen molar-refractivity contribution < 1.29 is 32.9 Å². The molecule has 0 aromatic heterocycles. The van der Waals surface area contributed by atoms with E-state index in [1.165, 1.54) is 42.8 Å². The van der Waals surface area contributed by atoms with Gasteiger partial charge in [0.1, 0.15) is 0 Å². The molecule has 1 aliphatic rings. The number of ether oxygens (including phenoxy) is 1. The van der Waals surface area contributed by atoms with Crippen LogP contribution in [-0.2, 0) is 39.3 Å². The van der Waals surface area contributed by atoms with Crippen molar-refractivity contribution >= 4 is 23.1 Å². The molecule has 5 nitrogen and oxygen atoms in total. The van der Waals surface area contributed by atoms with Crippen LogP contribution < -0.4 is 5.32 Å². The molecule has 1 amide bonds. The van der Waals surface area contributed by atoms with Crippen LogP contribution in [0.1, 0.15) is 147 Å². The Bertz CT molecular complexity index is 1200. The molecule has 1 atom stereocenters. The van der Waals surface area contributed by atoms with Crippen molar-refractivity contribution in [2.45, 2.75) is 148 Å². The van der Waals surface area contributed by atoms with Crippen molar-refractivity contribution in [1.82, 2.24) is 5.32 Å². The maximum atomic E-state index is 11.4. The summed E-state index contributed by atoms with van der Waals surface area (Å²) in [6, 6.07) is 18.5. The van der Waals surface area contributed by atoms with Gasteiger partial charge in [0.2, 0.25) is 5.91 Å². The van der Waals surface area contributed by atoms with Gasteiger partial charge in [0, 0.05) is 32.8 Å². The second kappa shape index (κ2) is 33.2. The minimum Gasteiger partial charge on any atom is -0.385 e. The minimum atomic E-state index is -0.389. The van der Waals surface area contributed by atoms with Gasteiger partial charge in [0.25, 0.3) is 0 Å². The summed E-state index contributed by atoms with van der Waals surface area (Å²) < 4.78 is 4.85. The molecule has 0 fully saturated rings. The molecule has 6 heteroatoms. The number of para-hydroxylation sites is 1. The van der Waals surface area contributed by atoms with Crippen LogP contribution in [0.25, 0.3) is 0 Å². The molecule has 0 aliphatic carbocycles. The number of benzene rings is 2. The smallest absolute Gasteiger partial charge is 0.385 e. The number of carbonyl (C=O) groups excluding carboxylic acids is 2. The van der Waals surface area contributed by atoms with Gasteiger partial charge < -0.3 is 23.9 Å². The molecule has 1 aliphatic heterocycles.